The van der Waals surface area contributed by atoms with Crippen molar-refractivity contribution in [2.24, 2.45) is 0 Å². The van der Waals surface area contributed by atoms with Gasteiger partial charge in [0.25, 0.3) is 0 Å². The number of nitrogens with one attached hydrogen (secondary N) is 1. The number of hydrogen-bond acceptors (Lipinski definition) is 5. The SMILES string of the molecule is CCn1nc(C)c2nn(CC(=O)NC3CCS(=O)(=O)C3)cc21. The first-order valence-electron chi connectivity index (χ1n) is 7.28. The van der Waals surface area contributed by atoms with Crippen LogP contribution in [0.2, 0.25) is 0 Å². The molecule has 3 heterocycles. The summed E-state index contributed by atoms with van der Waals surface area (Å²) in [5.41, 5.74) is 2.52. The van der Waals surface area contributed by atoms with Crippen molar-refractivity contribution in [3.63, 3.8) is 0 Å². The minimum atomic E-state index is -2.99. The highest BCUT2D eigenvalue weighted by atomic mass is 32.2. The van der Waals surface area contributed by atoms with Crippen LogP contribution in [0.4, 0.5) is 0 Å². The molecule has 22 heavy (non-hydrogen) atoms. The van der Waals surface area contributed by atoms with Gasteiger partial charge in [-0.1, -0.05) is 0 Å². The number of aryl methyl sites for hydroxylation is 2. The summed E-state index contributed by atoms with van der Waals surface area (Å²) < 4.78 is 26.2. The third-order valence-electron chi connectivity index (χ3n) is 3.84. The maximum absolute atomic E-state index is 12.0. The molecular formula is C13H19N5O3S. The van der Waals surface area contributed by atoms with E-state index in [0.29, 0.717) is 6.42 Å². The molecule has 1 N–H and O–H groups in total. The number of rotatable bonds is 4. The predicted molar refractivity (Wildman–Crippen MR) is 81.1 cm³/mol. The Morgan fingerprint density at radius 1 is 1.45 bits per heavy atom. The quantitative estimate of drug-likeness (QED) is 0.844. The number of carbonyl (C=O) groups excluding carboxylic acids is 1. The first-order chi connectivity index (χ1) is 10.4. The van der Waals surface area contributed by atoms with Gasteiger partial charge in [-0.2, -0.15) is 10.2 Å². The van der Waals surface area contributed by atoms with Gasteiger partial charge >= 0.3 is 0 Å². The van der Waals surface area contributed by atoms with Crippen LogP contribution in [0.1, 0.15) is 19.0 Å². The molecular weight excluding hydrogens is 306 g/mol. The fourth-order valence-corrected chi connectivity index (χ4v) is 4.46. The summed E-state index contributed by atoms with van der Waals surface area (Å²) in [5.74, 6) is -0.0420. The second-order valence-electron chi connectivity index (χ2n) is 5.63. The van der Waals surface area contributed by atoms with Crippen LogP contribution in [0.3, 0.4) is 0 Å². The Kier molecular flexibility index (Phi) is 3.67. The molecule has 1 atom stereocenters. The van der Waals surface area contributed by atoms with E-state index in [0.717, 1.165) is 23.3 Å². The first kappa shape index (κ1) is 15.0. The average molecular weight is 325 g/mol. The van der Waals surface area contributed by atoms with Crippen molar-refractivity contribution in [3.8, 4) is 0 Å². The maximum atomic E-state index is 12.0. The van der Waals surface area contributed by atoms with Crippen LogP contribution >= 0.6 is 0 Å². The lowest BCUT2D eigenvalue weighted by Crippen LogP contribution is -2.37. The van der Waals surface area contributed by atoms with Crippen LogP contribution in [0, 0.1) is 6.92 Å². The van der Waals surface area contributed by atoms with Crippen molar-refractivity contribution in [2.45, 2.75) is 39.4 Å². The van der Waals surface area contributed by atoms with Crippen molar-refractivity contribution >= 4 is 26.8 Å². The van der Waals surface area contributed by atoms with Gasteiger partial charge in [-0.25, -0.2) is 8.42 Å². The summed E-state index contributed by atoms with van der Waals surface area (Å²) in [5, 5.41) is 11.5. The van der Waals surface area contributed by atoms with Crippen LogP contribution < -0.4 is 5.32 Å². The Hall–Kier alpha value is -1.90. The van der Waals surface area contributed by atoms with Gasteiger partial charge in [0.2, 0.25) is 5.91 Å². The van der Waals surface area contributed by atoms with E-state index in [9.17, 15) is 13.2 Å². The highest BCUT2D eigenvalue weighted by Crippen LogP contribution is 2.16. The lowest BCUT2D eigenvalue weighted by molar-refractivity contribution is -0.122. The van der Waals surface area contributed by atoms with Crippen LogP contribution in [-0.2, 0) is 27.7 Å². The molecule has 3 rings (SSSR count). The van der Waals surface area contributed by atoms with E-state index in [1.807, 2.05) is 18.5 Å². The van der Waals surface area contributed by atoms with Crippen LogP contribution in [-0.4, -0.2) is 51.4 Å². The van der Waals surface area contributed by atoms with Crippen molar-refractivity contribution in [1.82, 2.24) is 24.9 Å². The molecule has 2 aromatic heterocycles. The number of sulfone groups is 1. The number of nitrogens with zero attached hydrogens (tertiary/aromatic N) is 4. The zero-order chi connectivity index (χ0) is 15.9. The molecule has 1 aliphatic heterocycles. The number of aromatic nitrogens is 4. The summed E-state index contributed by atoms with van der Waals surface area (Å²) in [6, 6.07) is -0.282. The van der Waals surface area contributed by atoms with E-state index in [1.54, 1.807) is 10.9 Å². The van der Waals surface area contributed by atoms with E-state index in [1.165, 1.54) is 0 Å². The Balaban J connectivity index is 1.69. The fourth-order valence-electron chi connectivity index (χ4n) is 2.79. The van der Waals surface area contributed by atoms with Crippen LogP contribution in [0.15, 0.2) is 6.20 Å². The average Bonchev–Trinajstić information content (AvgIpc) is 3.06. The molecule has 1 fully saturated rings. The van der Waals surface area contributed by atoms with Gasteiger partial charge in [-0.15, -0.1) is 0 Å². The summed E-state index contributed by atoms with van der Waals surface area (Å²) in [6.45, 7) is 4.70. The van der Waals surface area contributed by atoms with Gasteiger partial charge in [-0.3, -0.25) is 14.2 Å². The molecule has 8 nitrogen and oxygen atoms in total. The fraction of sp³-hybridized carbons (Fsp3) is 0.615. The largest absolute Gasteiger partial charge is 0.351 e. The number of amides is 1. The predicted octanol–water partition coefficient (Wildman–Crippen LogP) is -0.136. The van der Waals surface area contributed by atoms with Crippen LogP contribution in [0.5, 0.6) is 0 Å². The van der Waals surface area contributed by atoms with E-state index in [2.05, 4.69) is 15.5 Å². The summed E-state index contributed by atoms with van der Waals surface area (Å²) in [4.78, 5) is 12.0. The molecule has 0 radical (unpaired) electrons. The summed E-state index contributed by atoms with van der Waals surface area (Å²) >= 11 is 0. The van der Waals surface area contributed by atoms with Crippen molar-refractivity contribution in [3.05, 3.63) is 11.9 Å². The molecule has 1 saturated heterocycles. The van der Waals surface area contributed by atoms with E-state index >= 15 is 0 Å². The highest BCUT2D eigenvalue weighted by molar-refractivity contribution is 7.91. The number of hydrogen-bond donors (Lipinski definition) is 1. The zero-order valence-electron chi connectivity index (χ0n) is 12.6. The van der Waals surface area contributed by atoms with Gasteiger partial charge in [-0.05, 0) is 20.3 Å². The molecule has 0 saturated carbocycles. The Morgan fingerprint density at radius 2 is 2.23 bits per heavy atom. The standard InChI is InChI=1S/C13H19N5O3S/c1-3-18-11-6-17(16-13(11)9(2)15-18)7-12(19)14-10-4-5-22(20,21)8-10/h6,10H,3-5,7-8H2,1-2H3,(H,14,19). The molecule has 1 aliphatic rings. The van der Waals surface area contributed by atoms with Gasteiger partial charge < -0.3 is 5.32 Å². The molecule has 0 bridgehead atoms. The first-order valence-corrected chi connectivity index (χ1v) is 9.10. The summed E-state index contributed by atoms with van der Waals surface area (Å²) in [7, 11) is -2.99. The molecule has 0 aliphatic carbocycles. The van der Waals surface area contributed by atoms with Crippen LogP contribution in [0.25, 0.3) is 11.0 Å². The molecule has 2 aromatic rings. The van der Waals surface area contributed by atoms with Crippen molar-refractivity contribution in [1.29, 1.82) is 0 Å². The number of fused-ring (bicyclic) bond motifs is 1. The van der Waals surface area contributed by atoms with Gasteiger partial charge in [0.1, 0.15) is 17.6 Å². The third-order valence-corrected chi connectivity index (χ3v) is 5.60. The Bertz CT molecular complexity index is 820. The minimum absolute atomic E-state index is 0.0315. The smallest absolute Gasteiger partial charge is 0.241 e. The lowest BCUT2D eigenvalue weighted by atomic mass is 10.2. The zero-order valence-corrected chi connectivity index (χ0v) is 13.4. The van der Waals surface area contributed by atoms with Crippen molar-refractivity contribution in [2.75, 3.05) is 11.5 Å². The van der Waals surface area contributed by atoms with Gasteiger partial charge in [0.05, 0.1) is 23.4 Å². The van der Waals surface area contributed by atoms with Crippen molar-refractivity contribution < 1.29 is 13.2 Å². The molecule has 1 unspecified atom stereocenters. The monoisotopic (exact) mass is 325 g/mol. The molecule has 9 heteroatoms. The summed E-state index contributed by atoms with van der Waals surface area (Å²) in [6.07, 6.45) is 2.28. The molecule has 0 spiro atoms. The second-order valence-corrected chi connectivity index (χ2v) is 7.86. The van der Waals surface area contributed by atoms with Gasteiger partial charge in [0.15, 0.2) is 9.84 Å². The maximum Gasteiger partial charge on any atom is 0.241 e. The van der Waals surface area contributed by atoms with E-state index in [4.69, 9.17) is 0 Å². The number of carbonyl (C=O) groups is 1. The Labute approximate surface area is 128 Å². The second kappa shape index (κ2) is 5.38. The third kappa shape index (κ3) is 2.85. The van der Waals surface area contributed by atoms with E-state index in [-0.39, 0.29) is 30.0 Å². The Morgan fingerprint density at radius 3 is 2.86 bits per heavy atom. The normalized spacial score (nSPS) is 20.5. The molecule has 1 amide bonds. The topological polar surface area (TPSA) is 98.9 Å². The lowest BCUT2D eigenvalue weighted by Gasteiger charge is -2.10. The van der Waals surface area contributed by atoms with E-state index < -0.39 is 9.84 Å². The molecule has 120 valence electrons. The minimum Gasteiger partial charge on any atom is -0.351 e. The molecule has 0 aromatic carbocycles. The van der Waals surface area contributed by atoms with Gasteiger partial charge in [0, 0.05) is 12.6 Å². The highest BCUT2D eigenvalue weighted by Gasteiger charge is 2.28.